The van der Waals surface area contributed by atoms with Crippen molar-refractivity contribution < 1.29 is 0 Å². The van der Waals surface area contributed by atoms with Crippen molar-refractivity contribution in [1.82, 2.24) is 9.97 Å². The predicted molar refractivity (Wildman–Crippen MR) is 75.7 cm³/mol. The van der Waals surface area contributed by atoms with Gasteiger partial charge < -0.3 is 5.32 Å². The Morgan fingerprint density at radius 2 is 2.11 bits per heavy atom. The second kappa shape index (κ2) is 5.96. The average Bonchev–Trinajstić information content (AvgIpc) is 2.47. The van der Waals surface area contributed by atoms with Gasteiger partial charge in [-0.05, 0) is 25.5 Å². The molecule has 0 unspecified atom stereocenters. The summed E-state index contributed by atoms with van der Waals surface area (Å²) >= 11 is 0. The summed E-state index contributed by atoms with van der Waals surface area (Å²) in [6.07, 6.45) is 2.40. The zero-order chi connectivity index (χ0) is 13.7. The summed E-state index contributed by atoms with van der Waals surface area (Å²) in [4.78, 5) is 8.66. The van der Waals surface area contributed by atoms with Crippen molar-refractivity contribution in [2.24, 2.45) is 0 Å². The van der Waals surface area contributed by atoms with Gasteiger partial charge in [0.25, 0.3) is 0 Å². The second-order valence-electron chi connectivity index (χ2n) is 4.13. The lowest BCUT2D eigenvalue weighted by atomic mass is 10.0. The topological polar surface area (TPSA) is 61.6 Å². The lowest BCUT2D eigenvalue weighted by Crippen LogP contribution is -2.05. The Hall–Kier alpha value is -2.41. The molecule has 0 aliphatic carbocycles. The Morgan fingerprint density at radius 3 is 2.79 bits per heavy atom. The van der Waals surface area contributed by atoms with Gasteiger partial charge in [0.15, 0.2) is 0 Å². The number of hydrogen-bond acceptors (Lipinski definition) is 4. The smallest absolute Gasteiger partial charge is 0.133 e. The number of benzene rings is 1. The molecule has 0 aliphatic heterocycles. The molecule has 19 heavy (non-hydrogen) atoms. The van der Waals surface area contributed by atoms with Crippen LogP contribution >= 0.6 is 0 Å². The highest BCUT2D eigenvalue weighted by Gasteiger charge is 2.11. The van der Waals surface area contributed by atoms with Crippen molar-refractivity contribution >= 4 is 5.82 Å². The fourth-order valence-corrected chi connectivity index (χ4v) is 2.05. The standard InChI is InChI=1S/C15H16N4/c1-3-13-14(18-10-19-15(13)17-4-2)12-7-5-6-11(8-12)9-16/h5-8,10H,3-4H2,1-2H3,(H,17,18,19). The number of rotatable bonds is 4. The molecule has 1 N–H and O–H groups in total. The quantitative estimate of drug-likeness (QED) is 0.908. The third-order valence-electron chi connectivity index (χ3n) is 2.91. The second-order valence-corrected chi connectivity index (χ2v) is 4.13. The first kappa shape index (κ1) is 13.0. The summed E-state index contributed by atoms with van der Waals surface area (Å²) in [6.45, 7) is 4.94. The number of nitriles is 1. The van der Waals surface area contributed by atoms with E-state index in [4.69, 9.17) is 5.26 Å². The van der Waals surface area contributed by atoms with Gasteiger partial charge in [-0.25, -0.2) is 9.97 Å². The van der Waals surface area contributed by atoms with Crippen molar-refractivity contribution in [2.45, 2.75) is 20.3 Å². The van der Waals surface area contributed by atoms with Crippen molar-refractivity contribution in [2.75, 3.05) is 11.9 Å². The Labute approximate surface area is 113 Å². The highest BCUT2D eigenvalue weighted by molar-refractivity contribution is 5.69. The third-order valence-corrected chi connectivity index (χ3v) is 2.91. The first-order chi connectivity index (χ1) is 9.30. The predicted octanol–water partition coefficient (Wildman–Crippen LogP) is 3.01. The number of nitrogens with one attached hydrogen (secondary N) is 1. The SMILES string of the molecule is CCNc1ncnc(-c2cccc(C#N)c2)c1CC. The van der Waals surface area contributed by atoms with Crippen molar-refractivity contribution in [1.29, 1.82) is 5.26 Å². The number of anilines is 1. The lowest BCUT2D eigenvalue weighted by Gasteiger charge is -2.12. The summed E-state index contributed by atoms with van der Waals surface area (Å²) in [5, 5.41) is 12.2. The maximum Gasteiger partial charge on any atom is 0.133 e. The average molecular weight is 252 g/mol. The molecule has 0 bridgehead atoms. The van der Waals surface area contributed by atoms with Gasteiger partial charge >= 0.3 is 0 Å². The van der Waals surface area contributed by atoms with E-state index >= 15 is 0 Å². The van der Waals surface area contributed by atoms with Crippen molar-refractivity contribution in [3.63, 3.8) is 0 Å². The molecule has 0 spiro atoms. The van der Waals surface area contributed by atoms with Crippen LogP contribution in [0.3, 0.4) is 0 Å². The van der Waals surface area contributed by atoms with Crippen LogP contribution in [0.4, 0.5) is 5.82 Å². The van der Waals surface area contributed by atoms with Crippen LogP contribution in [0.2, 0.25) is 0 Å². The molecule has 4 heteroatoms. The van der Waals surface area contributed by atoms with E-state index in [-0.39, 0.29) is 0 Å². The Bertz CT molecular complexity index is 614. The van der Waals surface area contributed by atoms with Gasteiger partial charge in [0.2, 0.25) is 0 Å². The maximum atomic E-state index is 8.98. The highest BCUT2D eigenvalue weighted by atomic mass is 15.0. The number of aromatic nitrogens is 2. The summed E-state index contributed by atoms with van der Waals surface area (Å²) in [5.74, 6) is 0.873. The minimum Gasteiger partial charge on any atom is -0.370 e. The van der Waals surface area contributed by atoms with E-state index in [2.05, 4.69) is 28.3 Å². The minimum atomic E-state index is 0.642. The van der Waals surface area contributed by atoms with Gasteiger partial charge in [-0.15, -0.1) is 0 Å². The van der Waals surface area contributed by atoms with Gasteiger partial charge in [0, 0.05) is 17.7 Å². The minimum absolute atomic E-state index is 0.642. The van der Waals surface area contributed by atoms with Crippen LogP contribution in [-0.2, 0) is 6.42 Å². The van der Waals surface area contributed by atoms with Crippen LogP contribution in [0, 0.1) is 11.3 Å². The van der Waals surface area contributed by atoms with Crippen LogP contribution in [0.5, 0.6) is 0 Å². The lowest BCUT2D eigenvalue weighted by molar-refractivity contribution is 1.03. The molecule has 0 amide bonds. The summed E-state index contributed by atoms with van der Waals surface area (Å²) in [7, 11) is 0. The first-order valence-electron chi connectivity index (χ1n) is 6.38. The van der Waals surface area contributed by atoms with E-state index in [1.165, 1.54) is 0 Å². The molecule has 96 valence electrons. The number of hydrogen-bond donors (Lipinski definition) is 1. The van der Waals surface area contributed by atoms with E-state index in [0.29, 0.717) is 5.56 Å². The molecule has 0 atom stereocenters. The molecule has 2 rings (SSSR count). The van der Waals surface area contributed by atoms with E-state index in [9.17, 15) is 0 Å². The molecule has 4 nitrogen and oxygen atoms in total. The largest absolute Gasteiger partial charge is 0.370 e. The summed E-state index contributed by atoms with van der Waals surface area (Å²) in [6, 6.07) is 9.65. The van der Waals surface area contributed by atoms with Crippen LogP contribution in [0.25, 0.3) is 11.3 Å². The molecular weight excluding hydrogens is 236 g/mol. The molecule has 1 heterocycles. The van der Waals surface area contributed by atoms with Crippen molar-refractivity contribution in [3.8, 4) is 17.3 Å². The maximum absolute atomic E-state index is 8.98. The molecule has 2 aromatic rings. The zero-order valence-corrected chi connectivity index (χ0v) is 11.1. The molecule has 0 aliphatic rings. The first-order valence-corrected chi connectivity index (χ1v) is 6.38. The normalized spacial score (nSPS) is 9.95. The van der Waals surface area contributed by atoms with E-state index in [1.807, 2.05) is 25.1 Å². The van der Waals surface area contributed by atoms with Crippen LogP contribution in [-0.4, -0.2) is 16.5 Å². The monoisotopic (exact) mass is 252 g/mol. The van der Waals surface area contributed by atoms with Gasteiger partial charge in [-0.3, -0.25) is 0 Å². The van der Waals surface area contributed by atoms with Crippen LogP contribution < -0.4 is 5.32 Å². The fraction of sp³-hybridized carbons (Fsp3) is 0.267. The van der Waals surface area contributed by atoms with Gasteiger partial charge in [-0.1, -0.05) is 19.1 Å². The molecule has 0 fully saturated rings. The summed E-state index contributed by atoms with van der Waals surface area (Å²) in [5.41, 5.74) is 3.57. The zero-order valence-electron chi connectivity index (χ0n) is 11.1. The molecular formula is C15H16N4. The van der Waals surface area contributed by atoms with Gasteiger partial charge in [-0.2, -0.15) is 5.26 Å². The van der Waals surface area contributed by atoms with Crippen LogP contribution in [0.15, 0.2) is 30.6 Å². The Morgan fingerprint density at radius 1 is 1.26 bits per heavy atom. The third kappa shape index (κ3) is 2.71. The molecule has 1 aromatic carbocycles. The van der Waals surface area contributed by atoms with E-state index in [1.54, 1.807) is 12.4 Å². The fourth-order valence-electron chi connectivity index (χ4n) is 2.05. The molecule has 0 saturated carbocycles. The Balaban J connectivity index is 2.55. The van der Waals surface area contributed by atoms with Crippen LogP contribution in [0.1, 0.15) is 25.0 Å². The van der Waals surface area contributed by atoms with Crippen molar-refractivity contribution in [3.05, 3.63) is 41.7 Å². The van der Waals surface area contributed by atoms with Gasteiger partial charge in [0.05, 0.1) is 17.3 Å². The van der Waals surface area contributed by atoms with E-state index in [0.717, 1.165) is 35.6 Å². The molecule has 0 radical (unpaired) electrons. The van der Waals surface area contributed by atoms with Gasteiger partial charge in [0.1, 0.15) is 12.1 Å². The van der Waals surface area contributed by atoms with E-state index < -0.39 is 0 Å². The number of nitrogens with zero attached hydrogens (tertiary/aromatic N) is 3. The molecule has 1 aromatic heterocycles. The highest BCUT2D eigenvalue weighted by Crippen LogP contribution is 2.26. The summed E-state index contributed by atoms with van der Waals surface area (Å²) < 4.78 is 0. The molecule has 0 saturated heterocycles. The Kier molecular flexibility index (Phi) is 4.09.